The molecule has 0 aromatic heterocycles. The zero-order valence-corrected chi connectivity index (χ0v) is 21.4. The summed E-state index contributed by atoms with van der Waals surface area (Å²) < 4.78 is 26.8. The molecule has 1 atom stereocenters. The van der Waals surface area contributed by atoms with Crippen molar-refractivity contribution in [1.82, 2.24) is 14.1 Å². The summed E-state index contributed by atoms with van der Waals surface area (Å²) in [5, 5.41) is 0. The third kappa shape index (κ3) is 5.58. The highest BCUT2D eigenvalue weighted by atomic mass is 32.2. The highest BCUT2D eigenvalue weighted by molar-refractivity contribution is 7.89. The standard InChI is InChI=1S/C24H38N4O4S/c1-6-27(7-2)33(31,32)21-11-9-20(10-12-21)28-18-19(17-22(28)29)23(30)25-13-8-14-26(16-15-25)24(3,4)5/h9-12,19H,6-8,13-18H2,1-5H3. The number of nitrogens with zero attached hydrogens (tertiary/aromatic N) is 4. The molecule has 0 aliphatic carbocycles. The summed E-state index contributed by atoms with van der Waals surface area (Å²) in [6.45, 7) is 14.5. The number of sulfonamides is 1. The lowest BCUT2D eigenvalue weighted by Gasteiger charge is -2.34. The molecule has 1 unspecified atom stereocenters. The summed E-state index contributed by atoms with van der Waals surface area (Å²) in [6.07, 6.45) is 1.12. The molecule has 1 aromatic carbocycles. The van der Waals surface area contributed by atoms with Crippen LogP contribution in [0.2, 0.25) is 0 Å². The molecule has 2 heterocycles. The fourth-order valence-corrected chi connectivity index (χ4v) is 6.16. The highest BCUT2D eigenvalue weighted by Crippen LogP contribution is 2.28. The van der Waals surface area contributed by atoms with Gasteiger partial charge in [-0.15, -0.1) is 0 Å². The molecule has 0 saturated carbocycles. The Morgan fingerprint density at radius 2 is 1.67 bits per heavy atom. The van der Waals surface area contributed by atoms with Crippen LogP contribution in [0.1, 0.15) is 47.5 Å². The SMILES string of the molecule is CCN(CC)S(=O)(=O)c1ccc(N2CC(C(=O)N3CCCN(C(C)(C)C)CC3)CC2=O)cc1. The predicted octanol–water partition coefficient (Wildman–Crippen LogP) is 2.40. The molecule has 2 aliphatic rings. The molecule has 0 N–H and O–H groups in total. The topological polar surface area (TPSA) is 81.2 Å². The summed E-state index contributed by atoms with van der Waals surface area (Å²) in [5.74, 6) is -0.418. The maximum absolute atomic E-state index is 13.2. The minimum absolute atomic E-state index is 0.0438. The monoisotopic (exact) mass is 478 g/mol. The molecule has 0 radical (unpaired) electrons. The van der Waals surface area contributed by atoms with Gasteiger partial charge < -0.3 is 9.80 Å². The van der Waals surface area contributed by atoms with E-state index in [0.29, 0.717) is 38.4 Å². The average Bonchev–Trinajstić information content (AvgIpc) is 2.97. The molecule has 2 fully saturated rings. The van der Waals surface area contributed by atoms with Crippen LogP contribution in [0.3, 0.4) is 0 Å². The van der Waals surface area contributed by atoms with Crippen LogP contribution in [0.5, 0.6) is 0 Å². The van der Waals surface area contributed by atoms with Gasteiger partial charge in [-0.3, -0.25) is 14.5 Å². The van der Waals surface area contributed by atoms with Crippen molar-refractivity contribution in [3.8, 4) is 0 Å². The van der Waals surface area contributed by atoms with Crippen LogP contribution in [-0.4, -0.2) is 85.7 Å². The number of rotatable bonds is 6. The number of benzene rings is 1. The molecule has 3 rings (SSSR count). The van der Waals surface area contributed by atoms with Crippen LogP contribution in [0.25, 0.3) is 0 Å². The van der Waals surface area contributed by atoms with E-state index in [4.69, 9.17) is 0 Å². The van der Waals surface area contributed by atoms with Crippen molar-refractivity contribution in [2.24, 2.45) is 5.92 Å². The van der Waals surface area contributed by atoms with E-state index in [9.17, 15) is 18.0 Å². The molecular weight excluding hydrogens is 440 g/mol. The van der Waals surface area contributed by atoms with E-state index in [1.54, 1.807) is 43.0 Å². The molecule has 9 heteroatoms. The largest absolute Gasteiger partial charge is 0.341 e. The van der Waals surface area contributed by atoms with Gasteiger partial charge in [-0.05, 0) is 51.5 Å². The van der Waals surface area contributed by atoms with Crippen LogP contribution >= 0.6 is 0 Å². The minimum Gasteiger partial charge on any atom is -0.341 e. The normalized spacial score (nSPS) is 21.0. The first kappa shape index (κ1) is 25.6. The summed E-state index contributed by atoms with van der Waals surface area (Å²) >= 11 is 0. The van der Waals surface area contributed by atoms with E-state index in [1.165, 1.54) is 4.31 Å². The van der Waals surface area contributed by atoms with Crippen molar-refractivity contribution in [1.29, 1.82) is 0 Å². The van der Waals surface area contributed by atoms with Gasteiger partial charge in [-0.2, -0.15) is 4.31 Å². The van der Waals surface area contributed by atoms with E-state index < -0.39 is 10.0 Å². The van der Waals surface area contributed by atoms with E-state index in [-0.39, 0.29) is 34.6 Å². The van der Waals surface area contributed by atoms with E-state index in [1.807, 2.05) is 4.90 Å². The first-order valence-corrected chi connectivity index (χ1v) is 13.4. The third-order valence-electron chi connectivity index (χ3n) is 6.72. The van der Waals surface area contributed by atoms with Crippen LogP contribution < -0.4 is 4.90 Å². The van der Waals surface area contributed by atoms with Crippen LogP contribution in [0.4, 0.5) is 5.69 Å². The Morgan fingerprint density at radius 1 is 1.03 bits per heavy atom. The van der Waals surface area contributed by atoms with Gasteiger partial charge in [0.15, 0.2) is 0 Å². The second kappa shape index (κ2) is 10.1. The predicted molar refractivity (Wildman–Crippen MR) is 130 cm³/mol. The average molecular weight is 479 g/mol. The Bertz CT molecular complexity index is 952. The Morgan fingerprint density at radius 3 is 2.24 bits per heavy atom. The summed E-state index contributed by atoms with van der Waals surface area (Å²) in [4.78, 5) is 32.1. The zero-order chi connectivity index (χ0) is 24.4. The Labute approximate surface area is 198 Å². The van der Waals surface area contributed by atoms with Crippen LogP contribution in [-0.2, 0) is 19.6 Å². The lowest BCUT2D eigenvalue weighted by Crippen LogP contribution is -2.44. The Balaban J connectivity index is 1.67. The lowest BCUT2D eigenvalue weighted by atomic mass is 10.1. The fourth-order valence-electron chi connectivity index (χ4n) is 4.70. The number of carbonyl (C=O) groups is 2. The number of carbonyl (C=O) groups excluding carboxylic acids is 2. The number of anilines is 1. The smallest absolute Gasteiger partial charge is 0.243 e. The molecule has 2 aliphatic heterocycles. The molecule has 2 amide bonds. The fraction of sp³-hybridized carbons (Fsp3) is 0.667. The van der Waals surface area contributed by atoms with Gasteiger partial charge in [0.25, 0.3) is 0 Å². The minimum atomic E-state index is -3.55. The Kier molecular flexibility index (Phi) is 7.86. The van der Waals surface area contributed by atoms with Crippen molar-refractivity contribution in [2.45, 2.75) is 57.9 Å². The van der Waals surface area contributed by atoms with E-state index in [2.05, 4.69) is 25.7 Å². The first-order chi connectivity index (χ1) is 15.5. The van der Waals surface area contributed by atoms with Crippen LogP contribution in [0.15, 0.2) is 29.2 Å². The van der Waals surface area contributed by atoms with E-state index >= 15 is 0 Å². The summed E-state index contributed by atoms with van der Waals surface area (Å²) in [6, 6.07) is 6.41. The molecule has 0 spiro atoms. The molecular formula is C24H38N4O4S. The third-order valence-corrected chi connectivity index (χ3v) is 8.79. The quantitative estimate of drug-likeness (QED) is 0.627. The van der Waals surface area contributed by atoms with Crippen LogP contribution in [0, 0.1) is 5.92 Å². The zero-order valence-electron chi connectivity index (χ0n) is 20.6. The van der Waals surface area contributed by atoms with Gasteiger partial charge in [0.05, 0.1) is 10.8 Å². The highest BCUT2D eigenvalue weighted by Gasteiger charge is 2.38. The summed E-state index contributed by atoms with van der Waals surface area (Å²) in [7, 11) is -3.55. The summed E-state index contributed by atoms with van der Waals surface area (Å²) in [5.41, 5.74) is 0.702. The van der Waals surface area contributed by atoms with Gasteiger partial charge >= 0.3 is 0 Å². The van der Waals surface area contributed by atoms with Crippen molar-refractivity contribution in [2.75, 3.05) is 50.7 Å². The van der Waals surface area contributed by atoms with Gasteiger partial charge in [0, 0.05) is 63.5 Å². The molecule has 0 bridgehead atoms. The molecule has 2 saturated heterocycles. The molecule has 184 valence electrons. The van der Waals surface area contributed by atoms with Gasteiger partial charge in [-0.25, -0.2) is 8.42 Å². The molecule has 8 nitrogen and oxygen atoms in total. The van der Waals surface area contributed by atoms with Crippen molar-refractivity contribution in [3.05, 3.63) is 24.3 Å². The maximum atomic E-state index is 13.2. The lowest BCUT2D eigenvalue weighted by molar-refractivity contribution is -0.135. The van der Waals surface area contributed by atoms with Crippen molar-refractivity contribution < 1.29 is 18.0 Å². The van der Waals surface area contributed by atoms with Crippen molar-refractivity contribution >= 4 is 27.5 Å². The molecule has 1 aromatic rings. The van der Waals surface area contributed by atoms with Crippen molar-refractivity contribution in [3.63, 3.8) is 0 Å². The first-order valence-electron chi connectivity index (χ1n) is 11.9. The van der Waals surface area contributed by atoms with Gasteiger partial charge in [-0.1, -0.05) is 13.8 Å². The second-order valence-electron chi connectivity index (χ2n) is 9.83. The number of hydrogen-bond acceptors (Lipinski definition) is 5. The second-order valence-corrected chi connectivity index (χ2v) is 11.8. The van der Waals surface area contributed by atoms with Gasteiger partial charge in [0.2, 0.25) is 21.8 Å². The van der Waals surface area contributed by atoms with Gasteiger partial charge in [0.1, 0.15) is 0 Å². The number of hydrogen-bond donors (Lipinski definition) is 0. The Hall–Kier alpha value is -1.97. The van der Waals surface area contributed by atoms with E-state index in [0.717, 1.165) is 19.5 Å². The number of amides is 2. The molecule has 33 heavy (non-hydrogen) atoms. The maximum Gasteiger partial charge on any atom is 0.243 e.